The van der Waals surface area contributed by atoms with Crippen LogP contribution in [0.2, 0.25) is 0 Å². The Balaban J connectivity index is 1.45. The summed E-state index contributed by atoms with van der Waals surface area (Å²) in [5.41, 5.74) is 4.55. The molecule has 8 heteroatoms. The monoisotopic (exact) mass is 406 g/mol. The molecular formula is C22H26N6O2. The van der Waals surface area contributed by atoms with Gasteiger partial charge in [0.25, 0.3) is 5.91 Å². The normalized spacial score (nSPS) is 13.2. The summed E-state index contributed by atoms with van der Waals surface area (Å²) in [5.74, 6) is 0.402. The molecule has 1 aliphatic rings. The lowest BCUT2D eigenvalue weighted by molar-refractivity contribution is -0.132. The molecule has 8 nitrogen and oxygen atoms in total. The van der Waals surface area contributed by atoms with E-state index in [1.54, 1.807) is 16.8 Å². The number of aryl methyl sites for hydroxylation is 4. The van der Waals surface area contributed by atoms with Gasteiger partial charge >= 0.3 is 0 Å². The third kappa shape index (κ3) is 3.98. The smallest absolute Gasteiger partial charge is 0.256 e. The summed E-state index contributed by atoms with van der Waals surface area (Å²) in [6, 6.07) is 11.1. The van der Waals surface area contributed by atoms with Crippen molar-refractivity contribution in [2.75, 3.05) is 11.9 Å². The minimum absolute atomic E-state index is 0.0809. The molecule has 0 aliphatic carbocycles. The van der Waals surface area contributed by atoms with Crippen molar-refractivity contribution in [2.24, 2.45) is 7.05 Å². The van der Waals surface area contributed by atoms with Crippen LogP contribution >= 0.6 is 0 Å². The molecular weight excluding hydrogens is 380 g/mol. The van der Waals surface area contributed by atoms with Gasteiger partial charge in [0.15, 0.2) is 5.82 Å². The van der Waals surface area contributed by atoms with Gasteiger partial charge in [0, 0.05) is 55.5 Å². The van der Waals surface area contributed by atoms with Crippen LogP contribution in [0.3, 0.4) is 0 Å². The Morgan fingerprint density at radius 1 is 1.13 bits per heavy atom. The van der Waals surface area contributed by atoms with Crippen LogP contribution in [0, 0.1) is 13.8 Å². The highest BCUT2D eigenvalue weighted by molar-refractivity contribution is 6.04. The Hall–Kier alpha value is -3.42. The van der Waals surface area contributed by atoms with Crippen molar-refractivity contribution in [2.45, 2.75) is 39.8 Å². The molecule has 1 N–H and O–H groups in total. The third-order valence-electron chi connectivity index (χ3n) is 5.50. The Bertz CT molecular complexity index is 1080. The van der Waals surface area contributed by atoms with E-state index in [1.807, 2.05) is 54.7 Å². The molecule has 1 aromatic carbocycles. The molecule has 0 fully saturated rings. The molecule has 2 aromatic heterocycles. The minimum atomic E-state index is -0.204. The Labute approximate surface area is 175 Å². The van der Waals surface area contributed by atoms with Crippen LogP contribution in [-0.4, -0.2) is 42.8 Å². The first kappa shape index (κ1) is 19.9. The quantitative estimate of drug-likeness (QED) is 0.705. The lowest BCUT2D eigenvalue weighted by atomic mass is 10.1. The molecule has 0 saturated carbocycles. The molecule has 156 valence electrons. The van der Waals surface area contributed by atoms with Crippen LogP contribution in [0.1, 0.15) is 39.4 Å². The highest BCUT2D eigenvalue weighted by Gasteiger charge is 2.27. The molecule has 1 aliphatic heterocycles. The van der Waals surface area contributed by atoms with Crippen LogP contribution in [0.4, 0.5) is 5.82 Å². The van der Waals surface area contributed by atoms with Gasteiger partial charge in [-0.3, -0.25) is 19.0 Å². The van der Waals surface area contributed by atoms with Gasteiger partial charge in [0.05, 0.1) is 12.2 Å². The zero-order chi connectivity index (χ0) is 21.3. The maximum absolute atomic E-state index is 12.8. The van der Waals surface area contributed by atoms with E-state index in [2.05, 4.69) is 15.5 Å². The van der Waals surface area contributed by atoms with Crippen LogP contribution in [0.5, 0.6) is 0 Å². The molecule has 0 unspecified atom stereocenters. The summed E-state index contributed by atoms with van der Waals surface area (Å²) < 4.78 is 3.67. The number of anilines is 1. The average Bonchev–Trinajstić information content (AvgIpc) is 3.24. The largest absolute Gasteiger partial charge is 0.338 e. The first-order chi connectivity index (χ1) is 14.4. The summed E-state index contributed by atoms with van der Waals surface area (Å²) in [6.45, 7) is 5.60. The summed E-state index contributed by atoms with van der Waals surface area (Å²) in [5, 5.41) is 11.8. The van der Waals surface area contributed by atoms with Crippen LogP contribution in [0.25, 0.3) is 0 Å². The van der Waals surface area contributed by atoms with E-state index in [9.17, 15) is 9.59 Å². The van der Waals surface area contributed by atoms with Crippen molar-refractivity contribution in [3.05, 3.63) is 64.6 Å². The number of rotatable bonds is 5. The molecule has 3 heterocycles. The van der Waals surface area contributed by atoms with Gasteiger partial charge in [-0.25, -0.2) is 0 Å². The van der Waals surface area contributed by atoms with Crippen molar-refractivity contribution < 1.29 is 9.59 Å². The van der Waals surface area contributed by atoms with Crippen LogP contribution in [-0.2, 0) is 31.4 Å². The maximum atomic E-state index is 12.8. The second kappa shape index (κ2) is 8.14. The highest BCUT2D eigenvalue weighted by Crippen LogP contribution is 2.26. The molecule has 30 heavy (non-hydrogen) atoms. The number of aromatic nitrogens is 4. The Morgan fingerprint density at radius 2 is 1.90 bits per heavy atom. The summed E-state index contributed by atoms with van der Waals surface area (Å²) in [6.07, 6.45) is 1.11. The fourth-order valence-corrected chi connectivity index (χ4v) is 3.94. The number of nitrogens with zero attached hydrogens (tertiary/aromatic N) is 5. The van der Waals surface area contributed by atoms with E-state index in [0.717, 1.165) is 22.6 Å². The molecule has 0 radical (unpaired) electrons. The van der Waals surface area contributed by atoms with Gasteiger partial charge in [-0.1, -0.05) is 18.2 Å². The van der Waals surface area contributed by atoms with Gasteiger partial charge in [-0.2, -0.15) is 10.2 Å². The summed E-state index contributed by atoms with van der Waals surface area (Å²) in [4.78, 5) is 27.2. The number of benzene rings is 1. The predicted molar refractivity (Wildman–Crippen MR) is 113 cm³/mol. The lowest BCUT2D eigenvalue weighted by Crippen LogP contribution is -2.37. The Kier molecular flexibility index (Phi) is 5.39. The number of hydrogen-bond acceptors (Lipinski definition) is 4. The molecule has 2 amide bonds. The highest BCUT2D eigenvalue weighted by atomic mass is 16.2. The molecule has 0 saturated heterocycles. The third-order valence-corrected chi connectivity index (χ3v) is 5.50. The van der Waals surface area contributed by atoms with Crippen LogP contribution in [0.15, 0.2) is 36.4 Å². The lowest BCUT2D eigenvalue weighted by Gasteiger charge is -2.27. The Morgan fingerprint density at radius 3 is 2.60 bits per heavy atom. The van der Waals surface area contributed by atoms with E-state index in [0.29, 0.717) is 43.9 Å². The van der Waals surface area contributed by atoms with Gasteiger partial charge in [-0.05, 0) is 32.0 Å². The average molecular weight is 406 g/mol. The second-order valence-corrected chi connectivity index (χ2v) is 7.68. The van der Waals surface area contributed by atoms with E-state index in [-0.39, 0.29) is 11.8 Å². The second-order valence-electron chi connectivity index (χ2n) is 7.68. The van der Waals surface area contributed by atoms with Crippen molar-refractivity contribution in [1.29, 1.82) is 0 Å². The summed E-state index contributed by atoms with van der Waals surface area (Å²) >= 11 is 0. The van der Waals surface area contributed by atoms with E-state index >= 15 is 0 Å². The van der Waals surface area contributed by atoms with E-state index < -0.39 is 0 Å². The van der Waals surface area contributed by atoms with E-state index in [1.165, 1.54) is 0 Å². The summed E-state index contributed by atoms with van der Waals surface area (Å²) in [7, 11) is 1.87. The van der Waals surface area contributed by atoms with E-state index in [4.69, 9.17) is 0 Å². The SMILES string of the molecule is Cc1cc(C)n(CCC(=O)N2CCc3c(c(NC(=O)c4ccccc4)nn3C)C2)n1. The van der Waals surface area contributed by atoms with Crippen molar-refractivity contribution in [3.63, 3.8) is 0 Å². The fourth-order valence-electron chi connectivity index (χ4n) is 3.94. The van der Waals surface area contributed by atoms with Gasteiger partial charge in [-0.15, -0.1) is 0 Å². The van der Waals surface area contributed by atoms with Crippen molar-refractivity contribution in [1.82, 2.24) is 24.5 Å². The van der Waals surface area contributed by atoms with Gasteiger partial charge < -0.3 is 10.2 Å². The fraction of sp³-hybridized carbons (Fsp3) is 0.364. The number of amides is 2. The van der Waals surface area contributed by atoms with Crippen molar-refractivity contribution in [3.8, 4) is 0 Å². The van der Waals surface area contributed by atoms with Crippen molar-refractivity contribution >= 4 is 17.6 Å². The van der Waals surface area contributed by atoms with Gasteiger partial charge in [0.1, 0.15) is 0 Å². The zero-order valence-corrected chi connectivity index (χ0v) is 17.6. The minimum Gasteiger partial charge on any atom is -0.338 e. The number of carbonyl (C=O) groups excluding carboxylic acids is 2. The molecule has 3 aromatic rings. The topological polar surface area (TPSA) is 85.0 Å². The standard InChI is InChI=1S/C22H26N6O2/c1-15-13-16(2)28(24-15)12-10-20(29)27-11-9-19-18(14-27)21(25-26(19)3)23-22(30)17-7-5-4-6-8-17/h4-8,13H,9-12,14H2,1-3H3,(H,23,25,30). The zero-order valence-electron chi connectivity index (χ0n) is 17.6. The first-order valence-electron chi connectivity index (χ1n) is 10.1. The molecule has 4 rings (SSSR count). The molecule has 0 bridgehead atoms. The van der Waals surface area contributed by atoms with Gasteiger partial charge in [0.2, 0.25) is 5.91 Å². The maximum Gasteiger partial charge on any atom is 0.256 e. The predicted octanol–water partition coefficient (Wildman–Crippen LogP) is 2.46. The van der Waals surface area contributed by atoms with Crippen LogP contribution < -0.4 is 5.32 Å². The number of carbonyl (C=O) groups is 2. The number of nitrogens with one attached hydrogen (secondary N) is 1. The number of hydrogen-bond donors (Lipinski definition) is 1. The number of fused-ring (bicyclic) bond motifs is 1. The molecule has 0 atom stereocenters. The molecule has 0 spiro atoms. The first-order valence-corrected chi connectivity index (χ1v) is 10.1.